The average Bonchev–Trinajstić information content (AvgIpc) is 2.63. The zero-order valence-electron chi connectivity index (χ0n) is 8.52. The van der Waals surface area contributed by atoms with Gasteiger partial charge in [-0.25, -0.2) is 0 Å². The number of aliphatic hydroxyl groups excluding tert-OH is 1. The first-order chi connectivity index (χ1) is 6.86. The van der Waals surface area contributed by atoms with Gasteiger partial charge in [0.2, 0.25) is 0 Å². The third-order valence-corrected chi connectivity index (χ3v) is 3.27. The Hall–Kier alpha value is -0.820. The van der Waals surface area contributed by atoms with Gasteiger partial charge < -0.3 is 5.11 Å². The maximum absolute atomic E-state index is 9.67. The molecule has 1 heteroatoms. The molecule has 0 amide bonds. The molecule has 1 nitrogen and oxygen atoms in total. The van der Waals surface area contributed by atoms with Crippen LogP contribution in [-0.4, -0.2) is 11.2 Å². The fourth-order valence-electron chi connectivity index (χ4n) is 2.35. The van der Waals surface area contributed by atoms with Crippen molar-refractivity contribution in [3.05, 3.63) is 35.9 Å². The van der Waals surface area contributed by atoms with Gasteiger partial charge in [-0.3, -0.25) is 0 Å². The van der Waals surface area contributed by atoms with Crippen molar-refractivity contribution in [2.45, 2.75) is 38.2 Å². The second-order valence-corrected chi connectivity index (χ2v) is 4.28. The first-order valence-corrected chi connectivity index (χ1v) is 5.58. The van der Waals surface area contributed by atoms with E-state index in [0.717, 1.165) is 19.3 Å². The van der Waals surface area contributed by atoms with Gasteiger partial charge in [-0.2, -0.15) is 0 Å². The molecule has 0 heterocycles. The van der Waals surface area contributed by atoms with Crippen LogP contribution in [0.4, 0.5) is 0 Å². The van der Waals surface area contributed by atoms with Gasteiger partial charge in [0.15, 0.2) is 0 Å². The van der Waals surface area contributed by atoms with Crippen LogP contribution in [0.3, 0.4) is 0 Å². The van der Waals surface area contributed by atoms with Crippen molar-refractivity contribution in [3.8, 4) is 0 Å². The van der Waals surface area contributed by atoms with Gasteiger partial charge in [-0.05, 0) is 37.2 Å². The summed E-state index contributed by atoms with van der Waals surface area (Å²) in [5.74, 6) is 0.551. The molecule has 1 aliphatic rings. The molecule has 0 saturated heterocycles. The van der Waals surface area contributed by atoms with Crippen molar-refractivity contribution in [3.63, 3.8) is 0 Å². The molecule has 14 heavy (non-hydrogen) atoms. The Morgan fingerprint density at radius 1 is 1.14 bits per heavy atom. The van der Waals surface area contributed by atoms with Crippen molar-refractivity contribution < 1.29 is 5.11 Å². The SMILES string of the molecule is O[C@H]1CCC[C@@H]1CCc1ccccc1. The van der Waals surface area contributed by atoms with Gasteiger partial charge in [0.05, 0.1) is 6.10 Å². The van der Waals surface area contributed by atoms with Gasteiger partial charge in [-0.15, -0.1) is 0 Å². The Balaban J connectivity index is 1.82. The molecule has 0 bridgehead atoms. The first kappa shape index (κ1) is 9.72. The second kappa shape index (κ2) is 4.61. The van der Waals surface area contributed by atoms with E-state index in [1.807, 2.05) is 6.07 Å². The summed E-state index contributed by atoms with van der Waals surface area (Å²) >= 11 is 0. The third kappa shape index (κ3) is 2.36. The quantitative estimate of drug-likeness (QED) is 0.777. The molecule has 76 valence electrons. The van der Waals surface area contributed by atoms with E-state index in [2.05, 4.69) is 24.3 Å². The maximum Gasteiger partial charge on any atom is 0.0568 e. The fourth-order valence-corrected chi connectivity index (χ4v) is 2.35. The van der Waals surface area contributed by atoms with E-state index in [9.17, 15) is 5.11 Å². The van der Waals surface area contributed by atoms with Crippen LogP contribution in [0.1, 0.15) is 31.2 Å². The molecule has 0 unspecified atom stereocenters. The van der Waals surface area contributed by atoms with Crippen molar-refractivity contribution in [2.24, 2.45) is 5.92 Å². The highest BCUT2D eigenvalue weighted by molar-refractivity contribution is 5.14. The lowest BCUT2D eigenvalue weighted by Gasteiger charge is -2.13. The Morgan fingerprint density at radius 3 is 2.57 bits per heavy atom. The van der Waals surface area contributed by atoms with E-state index in [-0.39, 0.29) is 6.10 Å². The van der Waals surface area contributed by atoms with E-state index >= 15 is 0 Å². The van der Waals surface area contributed by atoms with Crippen molar-refractivity contribution in [1.82, 2.24) is 0 Å². The predicted octanol–water partition coefficient (Wildman–Crippen LogP) is 2.78. The Morgan fingerprint density at radius 2 is 1.93 bits per heavy atom. The monoisotopic (exact) mass is 190 g/mol. The number of hydrogen-bond donors (Lipinski definition) is 1. The first-order valence-electron chi connectivity index (χ1n) is 5.58. The van der Waals surface area contributed by atoms with Crippen LogP contribution in [0, 0.1) is 5.92 Å². The molecule has 0 spiro atoms. The molecule has 1 aromatic rings. The average molecular weight is 190 g/mol. The molecule has 1 N–H and O–H groups in total. The largest absolute Gasteiger partial charge is 0.393 e. The third-order valence-electron chi connectivity index (χ3n) is 3.27. The lowest BCUT2D eigenvalue weighted by Crippen LogP contribution is -2.13. The molecule has 2 rings (SSSR count). The van der Waals surface area contributed by atoms with Gasteiger partial charge in [0.25, 0.3) is 0 Å². The van der Waals surface area contributed by atoms with E-state index in [0.29, 0.717) is 5.92 Å². The molecule has 1 aromatic carbocycles. The zero-order valence-corrected chi connectivity index (χ0v) is 8.52. The van der Waals surface area contributed by atoms with Gasteiger partial charge in [-0.1, -0.05) is 36.8 Å². The normalized spacial score (nSPS) is 26.6. The molecule has 0 aromatic heterocycles. The molecular weight excluding hydrogens is 172 g/mol. The van der Waals surface area contributed by atoms with Crippen LogP contribution in [0.15, 0.2) is 30.3 Å². The van der Waals surface area contributed by atoms with Gasteiger partial charge in [0, 0.05) is 0 Å². The van der Waals surface area contributed by atoms with Gasteiger partial charge >= 0.3 is 0 Å². The van der Waals surface area contributed by atoms with E-state index in [1.165, 1.54) is 18.4 Å². The summed E-state index contributed by atoms with van der Waals surface area (Å²) in [6.07, 6.45) is 5.67. The summed E-state index contributed by atoms with van der Waals surface area (Å²) in [7, 11) is 0. The topological polar surface area (TPSA) is 20.2 Å². The van der Waals surface area contributed by atoms with E-state index in [1.54, 1.807) is 0 Å². The molecule has 2 atom stereocenters. The van der Waals surface area contributed by atoms with Crippen LogP contribution in [0.25, 0.3) is 0 Å². The number of rotatable bonds is 3. The minimum Gasteiger partial charge on any atom is -0.393 e. The van der Waals surface area contributed by atoms with E-state index < -0.39 is 0 Å². The summed E-state index contributed by atoms with van der Waals surface area (Å²) in [6, 6.07) is 10.6. The minimum atomic E-state index is -0.0290. The van der Waals surface area contributed by atoms with Crippen molar-refractivity contribution >= 4 is 0 Å². The highest BCUT2D eigenvalue weighted by atomic mass is 16.3. The molecule has 1 aliphatic carbocycles. The molecule has 0 radical (unpaired) electrons. The lowest BCUT2D eigenvalue weighted by molar-refractivity contribution is 0.128. The van der Waals surface area contributed by atoms with Crippen LogP contribution >= 0.6 is 0 Å². The summed E-state index contributed by atoms with van der Waals surface area (Å²) in [5, 5.41) is 9.67. The highest BCUT2D eigenvalue weighted by Crippen LogP contribution is 2.29. The number of benzene rings is 1. The smallest absolute Gasteiger partial charge is 0.0568 e. The minimum absolute atomic E-state index is 0.0290. The highest BCUT2D eigenvalue weighted by Gasteiger charge is 2.24. The Bertz CT molecular complexity index is 268. The predicted molar refractivity (Wildman–Crippen MR) is 58.1 cm³/mol. The van der Waals surface area contributed by atoms with Crippen LogP contribution in [0.2, 0.25) is 0 Å². The summed E-state index contributed by atoms with van der Waals surface area (Å²) < 4.78 is 0. The van der Waals surface area contributed by atoms with Crippen LogP contribution in [-0.2, 0) is 6.42 Å². The standard InChI is InChI=1S/C13H18O/c14-13-8-4-7-12(13)10-9-11-5-2-1-3-6-11/h1-3,5-6,12-14H,4,7-10H2/t12-,13+/m1/s1. The molecule has 1 saturated carbocycles. The van der Waals surface area contributed by atoms with Crippen LogP contribution in [0.5, 0.6) is 0 Å². The zero-order chi connectivity index (χ0) is 9.80. The molecular formula is C13H18O. The summed E-state index contributed by atoms with van der Waals surface area (Å²) in [5.41, 5.74) is 1.40. The van der Waals surface area contributed by atoms with Crippen LogP contribution < -0.4 is 0 Å². The van der Waals surface area contributed by atoms with Crippen molar-refractivity contribution in [2.75, 3.05) is 0 Å². The maximum atomic E-state index is 9.67. The lowest BCUT2D eigenvalue weighted by atomic mass is 9.97. The molecule has 0 aliphatic heterocycles. The number of aliphatic hydroxyl groups is 1. The summed E-state index contributed by atoms with van der Waals surface area (Å²) in [4.78, 5) is 0. The fraction of sp³-hybridized carbons (Fsp3) is 0.538. The van der Waals surface area contributed by atoms with Crippen molar-refractivity contribution in [1.29, 1.82) is 0 Å². The Kier molecular flexibility index (Phi) is 3.20. The number of hydrogen-bond acceptors (Lipinski definition) is 1. The van der Waals surface area contributed by atoms with Gasteiger partial charge in [0.1, 0.15) is 0 Å². The Labute approximate surface area is 85.8 Å². The van der Waals surface area contributed by atoms with E-state index in [4.69, 9.17) is 0 Å². The second-order valence-electron chi connectivity index (χ2n) is 4.28. The molecule has 1 fully saturated rings. The summed E-state index contributed by atoms with van der Waals surface area (Å²) in [6.45, 7) is 0. The number of aryl methyl sites for hydroxylation is 1.